The van der Waals surface area contributed by atoms with Crippen LogP contribution >= 0.6 is 0 Å². The number of nitrogens with one attached hydrogen (secondary N) is 1. The molecular formula is C21H27F2N3O2. The van der Waals surface area contributed by atoms with Gasteiger partial charge >= 0.3 is 0 Å². The molecule has 3 saturated heterocycles. The van der Waals surface area contributed by atoms with E-state index in [9.17, 15) is 18.4 Å². The normalized spacial score (nSPS) is 30.6. The minimum absolute atomic E-state index is 0.0177. The molecule has 0 radical (unpaired) electrons. The van der Waals surface area contributed by atoms with Crippen molar-refractivity contribution >= 4 is 11.8 Å². The van der Waals surface area contributed by atoms with E-state index in [4.69, 9.17) is 0 Å². The van der Waals surface area contributed by atoms with E-state index >= 15 is 0 Å². The van der Waals surface area contributed by atoms with Crippen LogP contribution in [0.1, 0.15) is 32.3 Å². The molecule has 3 aliphatic heterocycles. The van der Waals surface area contributed by atoms with Gasteiger partial charge in [-0.05, 0) is 32.4 Å². The van der Waals surface area contributed by atoms with E-state index in [0.29, 0.717) is 38.3 Å². The fourth-order valence-electron chi connectivity index (χ4n) is 4.87. The van der Waals surface area contributed by atoms with Gasteiger partial charge in [0, 0.05) is 56.2 Å². The number of rotatable bonds is 2. The highest BCUT2D eigenvalue weighted by Gasteiger charge is 2.49. The maximum Gasteiger partial charge on any atom is 0.227 e. The van der Waals surface area contributed by atoms with E-state index < -0.39 is 17.6 Å². The van der Waals surface area contributed by atoms with E-state index in [1.165, 1.54) is 12.1 Å². The highest BCUT2D eigenvalue weighted by atomic mass is 19.1. The summed E-state index contributed by atoms with van der Waals surface area (Å²) in [6.45, 7) is 8.90. The summed E-state index contributed by atoms with van der Waals surface area (Å²) in [7, 11) is 0. The third-order valence-electron chi connectivity index (χ3n) is 6.58. The maximum absolute atomic E-state index is 14.5. The number of hydrogen-bond acceptors (Lipinski definition) is 3. The first-order valence-electron chi connectivity index (χ1n) is 9.91. The van der Waals surface area contributed by atoms with Gasteiger partial charge in [0.05, 0.1) is 11.8 Å². The van der Waals surface area contributed by atoms with Crippen molar-refractivity contribution in [1.82, 2.24) is 15.1 Å². The second-order valence-corrected chi connectivity index (χ2v) is 9.31. The summed E-state index contributed by atoms with van der Waals surface area (Å²) in [5.41, 5.74) is 0.231. The number of amides is 2. The van der Waals surface area contributed by atoms with E-state index in [2.05, 4.69) is 31.0 Å². The van der Waals surface area contributed by atoms with Gasteiger partial charge in [-0.1, -0.05) is 6.07 Å². The van der Waals surface area contributed by atoms with Crippen molar-refractivity contribution in [3.63, 3.8) is 0 Å². The molecule has 0 spiro atoms. The second kappa shape index (κ2) is 6.79. The molecule has 7 heteroatoms. The van der Waals surface area contributed by atoms with Crippen LogP contribution in [-0.2, 0) is 9.59 Å². The monoisotopic (exact) mass is 391 g/mol. The van der Waals surface area contributed by atoms with Gasteiger partial charge in [-0.25, -0.2) is 8.78 Å². The molecule has 4 unspecified atom stereocenters. The molecule has 4 atom stereocenters. The minimum Gasteiger partial charge on any atom is -0.355 e. The summed E-state index contributed by atoms with van der Waals surface area (Å²) >= 11 is 0. The van der Waals surface area contributed by atoms with Crippen LogP contribution in [0.2, 0.25) is 0 Å². The lowest BCUT2D eigenvalue weighted by Gasteiger charge is -2.32. The molecule has 0 aliphatic carbocycles. The summed E-state index contributed by atoms with van der Waals surface area (Å²) in [6.07, 6.45) is 0. The molecule has 0 bridgehead atoms. The summed E-state index contributed by atoms with van der Waals surface area (Å²) in [5, 5.41) is 2.85. The predicted molar refractivity (Wildman–Crippen MR) is 100 cm³/mol. The van der Waals surface area contributed by atoms with Crippen molar-refractivity contribution in [2.24, 2.45) is 17.8 Å². The molecule has 28 heavy (non-hydrogen) atoms. The van der Waals surface area contributed by atoms with Gasteiger partial charge < -0.3 is 10.2 Å². The van der Waals surface area contributed by atoms with Crippen molar-refractivity contribution in [1.29, 1.82) is 0 Å². The maximum atomic E-state index is 14.5. The highest BCUT2D eigenvalue weighted by Crippen LogP contribution is 2.39. The Morgan fingerprint density at radius 2 is 1.86 bits per heavy atom. The zero-order chi connectivity index (χ0) is 20.2. The number of carbonyl (C=O) groups is 2. The Hall–Kier alpha value is -2.02. The number of hydrogen-bond donors (Lipinski definition) is 1. The first kappa shape index (κ1) is 19.3. The third-order valence-corrected chi connectivity index (χ3v) is 6.58. The van der Waals surface area contributed by atoms with Gasteiger partial charge in [0.15, 0.2) is 0 Å². The minimum atomic E-state index is -0.617. The molecule has 4 rings (SSSR count). The Labute approximate surface area is 164 Å². The molecule has 1 N–H and O–H groups in total. The highest BCUT2D eigenvalue weighted by molar-refractivity contribution is 5.85. The fraction of sp³-hybridized carbons (Fsp3) is 0.619. The zero-order valence-corrected chi connectivity index (χ0v) is 16.5. The van der Waals surface area contributed by atoms with Crippen molar-refractivity contribution in [2.45, 2.75) is 32.2 Å². The van der Waals surface area contributed by atoms with Gasteiger partial charge in [-0.15, -0.1) is 0 Å². The summed E-state index contributed by atoms with van der Waals surface area (Å²) in [4.78, 5) is 29.3. The number of fused-ring (bicyclic) bond motifs is 1. The number of nitrogens with zero attached hydrogens (tertiary/aromatic N) is 2. The quantitative estimate of drug-likeness (QED) is 0.839. The molecule has 3 heterocycles. The van der Waals surface area contributed by atoms with Gasteiger partial charge in [0.1, 0.15) is 11.6 Å². The molecule has 5 nitrogen and oxygen atoms in total. The fourth-order valence-corrected chi connectivity index (χ4v) is 4.87. The van der Waals surface area contributed by atoms with Crippen LogP contribution in [0.5, 0.6) is 0 Å². The second-order valence-electron chi connectivity index (χ2n) is 9.31. The number of benzene rings is 1. The molecule has 0 aromatic heterocycles. The standard InChI is InChI=1S/C21H27F2N3O2/c1-21(2,3)26-10-16(14-5-4-13(22)6-18(14)23)17(11-26)20(28)25-8-12-7-24-19(27)15(12)9-25/h4-6,12,15-17H,7-11H2,1-3H3,(H,24,27). The van der Waals surface area contributed by atoms with Crippen LogP contribution in [0.4, 0.5) is 8.78 Å². The van der Waals surface area contributed by atoms with Crippen LogP contribution in [-0.4, -0.2) is 59.9 Å². The van der Waals surface area contributed by atoms with Crippen LogP contribution in [0, 0.1) is 29.4 Å². The molecule has 0 saturated carbocycles. The van der Waals surface area contributed by atoms with Crippen molar-refractivity contribution in [3.8, 4) is 0 Å². The molecule has 1 aromatic carbocycles. The van der Waals surface area contributed by atoms with Crippen molar-refractivity contribution in [2.75, 3.05) is 32.7 Å². The predicted octanol–water partition coefficient (Wildman–Crippen LogP) is 1.98. The van der Waals surface area contributed by atoms with Gasteiger partial charge in [-0.3, -0.25) is 14.5 Å². The Kier molecular flexibility index (Phi) is 4.68. The first-order valence-corrected chi connectivity index (χ1v) is 9.91. The van der Waals surface area contributed by atoms with Crippen LogP contribution in [0.25, 0.3) is 0 Å². The van der Waals surface area contributed by atoms with Crippen LogP contribution in [0.15, 0.2) is 18.2 Å². The lowest BCUT2D eigenvalue weighted by atomic mass is 9.87. The molecule has 3 fully saturated rings. The van der Waals surface area contributed by atoms with E-state index in [1.54, 1.807) is 4.90 Å². The van der Waals surface area contributed by atoms with Crippen molar-refractivity contribution in [3.05, 3.63) is 35.4 Å². The zero-order valence-electron chi connectivity index (χ0n) is 16.5. The third kappa shape index (κ3) is 3.30. The summed E-state index contributed by atoms with van der Waals surface area (Å²) < 4.78 is 27.9. The lowest BCUT2D eigenvalue weighted by molar-refractivity contribution is -0.135. The lowest BCUT2D eigenvalue weighted by Crippen LogP contribution is -2.42. The molecular weight excluding hydrogens is 364 g/mol. The van der Waals surface area contributed by atoms with E-state index in [0.717, 1.165) is 6.07 Å². The smallest absolute Gasteiger partial charge is 0.227 e. The summed E-state index contributed by atoms with van der Waals surface area (Å²) in [5.74, 6) is -1.93. The van der Waals surface area contributed by atoms with Gasteiger partial charge in [0.2, 0.25) is 11.8 Å². The van der Waals surface area contributed by atoms with Crippen LogP contribution in [0.3, 0.4) is 0 Å². The van der Waals surface area contributed by atoms with Gasteiger partial charge in [0.25, 0.3) is 0 Å². The molecule has 2 amide bonds. The first-order chi connectivity index (χ1) is 13.1. The summed E-state index contributed by atoms with van der Waals surface area (Å²) in [6, 6.07) is 3.61. The SMILES string of the molecule is CC(C)(C)N1CC(C(=O)N2CC3CNC(=O)C3C2)C(c2ccc(F)cc2F)C1. The number of likely N-dealkylation sites (tertiary alicyclic amines) is 2. The van der Waals surface area contributed by atoms with Crippen molar-refractivity contribution < 1.29 is 18.4 Å². The largest absolute Gasteiger partial charge is 0.355 e. The van der Waals surface area contributed by atoms with E-state index in [-0.39, 0.29) is 35.1 Å². The Bertz CT molecular complexity index is 807. The van der Waals surface area contributed by atoms with E-state index in [1.807, 2.05) is 0 Å². The Morgan fingerprint density at radius 3 is 2.50 bits per heavy atom. The molecule has 3 aliphatic rings. The van der Waals surface area contributed by atoms with Crippen LogP contribution < -0.4 is 5.32 Å². The van der Waals surface area contributed by atoms with Gasteiger partial charge in [-0.2, -0.15) is 0 Å². The Balaban J connectivity index is 1.60. The average molecular weight is 391 g/mol. The number of carbonyl (C=O) groups excluding carboxylic acids is 2. The Morgan fingerprint density at radius 1 is 1.11 bits per heavy atom. The topological polar surface area (TPSA) is 52.7 Å². The number of halogens is 2. The average Bonchev–Trinajstić information content (AvgIpc) is 3.30. The molecule has 1 aromatic rings. The molecule has 152 valence electrons.